The Labute approximate surface area is 113 Å². The summed E-state index contributed by atoms with van der Waals surface area (Å²) in [7, 11) is 3.18. The topological polar surface area (TPSA) is 70.8 Å². The van der Waals surface area contributed by atoms with Crippen LogP contribution in [0.4, 0.5) is 0 Å². The molecule has 0 aliphatic heterocycles. The standard InChI is InChI=1S/C14H21NO4/c1-17-12-6-13(18-2)8-14(7-12)19-5-3-4-11(9-15)10-16/h6-8,10-11H,3-5,9,15H2,1-2H3. The highest BCUT2D eigenvalue weighted by atomic mass is 16.5. The van der Waals surface area contributed by atoms with E-state index in [1.165, 1.54) is 0 Å². The molecular formula is C14H21NO4. The van der Waals surface area contributed by atoms with Crippen molar-refractivity contribution >= 4 is 6.29 Å². The van der Waals surface area contributed by atoms with Gasteiger partial charge in [-0.2, -0.15) is 0 Å². The minimum Gasteiger partial charge on any atom is -0.496 e. The third-order valence-corrected chi connectivity index (χ3v) is 2.81. The lowest BCUT2D eigenvalue weighted by atomic mass is 10.1. The molecule has 0 aliphatic rings. The third kappa shape index (κ3) is 5.18. The van der Waals surface area contributed by atoms with Crippen LogP contribution in [0.15, 0.2) is 18.2 Å². The van der Waals surface area contributed by atoms with E-state index in [4.69, 9.17) is 19.9 Å². The number of aldehydes is 1. The first-order valence-electron chi connectivity index (χ1n) is 6.24. The molecule has 1 rings (SSSR count). The molecule has 0 fully saturated rings. The van der Waals surface area contributed by atoms with Gasteiger partial charge in [0.25, 0.3) is 0 Å². The van der Waals surface area contributed by atoms with Gasteiger partial charge in [0.1, 0.15) is 23.5 Å². The molecule has 0 radical (unpaired) electrons. The molecule has 0 bridgehead atoms. The van der Waals surface area contributed by atoms with Crippen molar-refractivity contribution in [1.29, 1.82) is 0 Å². The van der Waals surface area contributed by atoms with Gasteiger partial charge in [0, 0.05) is 30.7 Å². The number of rotatable bonds is 9. The lowest BCUT2D eigenvalue weighted by molar-refractivity contribution is -0.111. The molecule has 0 amide bonds. The highest BCUT2D eigenvalue weighted by molar-refractivity contribution is 5.53. The Balaban J connectivity index is 2.46. The van der Waals surface area contributed by atoms with Crippen molar-refractivity contribution in [3.63, 3.8) is 0 Å². The number of methoxy groups -OCH3 is 2. The van der Waals surface area contributed by atoms with Gasteiger partial charge in [-0.05, 0) is 12.8 Å². The molecule has 0 saturated carbocycles. The van der Waals surface area contributed by atoms with Crippen molar-refractivity contribution in [2.24, 2.45) is 11.7 Å². The second kappa shape index (κ2) is 8.37. The summed E-state index contributed by atoms with van der Waals surface area (Å²) >= 11 is 0. The zero-order valence-electron chi connectivity index (χ0n) is 11.4. The average molecular weight is 267 g/mol. The van der Waals surface area contributed by atoms with Gasteiger partial charge in [0.2, 0.25) is 0 Å². The smallest absolute Gasteiger partial charge is 0.126 e. The minimum atomic E-state index is -0.0801. The van der Waals surface area contributed by atoms with Crippen molar-refractivity contribution in [3.05, 3.63) is 18.2 Å². The van der Waals surface area contributed by atoms with E-state index in [-0.39, 0.29) is 5.92 Å². The molecular weight excluding hydrogens is 246 g/mol. The predicted molar refractivity (Wildman–Crippen MR) is 72.9 cm³/mol. The van der Waals surface area contributed by atoms with Gasteiger partial charge in [-0.3, -0.25) is 0 Å². The van der Waals surface area contributed by atoms with E-state index in [1.54, 1.807) is 32.4 Å². The number of ether oxygens (including phenoxy) is 3. The second-order valence-corrected chi connectivity index (χ2v) is 4.17. The Morgan fingerprint density at radius 1 is 1.16 bits per heavy atom. The molecule has 0 spiro atoms. The summed E-state index contributed by atoms with van der Waals surface area (Å²) in [5.74, 6) is 1.97. The fraction of sp³-hybridized carbons (Fsp3) is 0.500. The Morgan fingerprint density at radius 3 is 2.21 bits per heavy atom. The number of nitrogens with two attached hydrogens (primary N) is 1. The quantitative estimate of drug-likeness (QED) is 0.544. The van der Waals surface area contributed by atoms with Crippen LogP contribution in [-0.2, 0) is 4.79 Å². The van der Waals surface area contributed by atoms with E-state index >= 15 is 0 Å². The van der Waals surface area contributed by atoms with Gasteiger partial charge in [-0.25, -0.2) is 0 Å². The molecule has 0 aromatic heterocycles. The number of carbonyl (C=O) groups excluding carboxylic acids is 1. The van der Waals surface area contributed by atoms with Crippen molar-refractivity contribution in [2.45, 2.75) is 12.8 Å². The van der Waals surface area contributed by atoms with E-state index in [2.05, 4.69) is 0 Å². The number of carbonyl (C=O) groups is 1. The fourth-order valence-corrected chi connectivity index (χ4v) is 1.64. The summed E-state index contributed by atoms with van der Waals surface area (Å²) in [5, 5.41) is 0. The summed E-state index contributed by atoms with van der Waals surface area (Å²) in [6, 6.07) is 5.37. The third-order valence-electron chi connectivity index (χ3n) is 2.81. The van der Waals surface area contributed by atoms with E-state index in [1.807, 2.05) is 0 Å². The molecule has 2 N–H and O–H groups in total. The van der Waals surface area contributed by atoms with Crippen LogP contribution in [0.3, 0.4) is 0 Å². The zero-order valence-corrected chi connectivity index (χ0v) is 11.4. The fourth-order valence-electron chi connectivity index (χ4n) is 1.64. The summed E-state index contributed by atoms with van der Waals surface area (Å²) in [6.45, 7) is 0.914. The lowest BCUT2D eigenvalue weighted by Gasteiger charge is -2.11. The molecule has 1 atom stereocenters. The van der Waals surface area contributed by atoms with Crippen molar-refractivity contribution < 1.29 is 19.0 Å². The first kappa shape index (κ1) is 15.3. The first-order chi connectivity index (χ1) is 9.23. The molecule has 0 heterocycles. The maximum absolute atomic E-state index is 10.6. The van der Waals surface area contributed by atoms with E-state index in [0.29, 0.717) is 30.4 Å². The predicted octanol–water partition coefficient (Wildman–Crippen LogP) is 1.64. The Morgan fingerprint density at radius 2 is 1.74 bits per heavy atom. The highest BCUT2D eigenvalue weighted by Crippen LogP contribution is 2.27. The lowest BCUT2D eigenvalue weighted by Crippen LogP contribution is -2.16. The van der Waals surface area contributed by atoms with Crippen molar-refractivity contribution in [2.75, 3.05) is 27.4 Å². The normalized spacial score (nSPS) is 11.7. The highest BCUT2D eigenvalue weighted by Gasteiger charge is 2.06. The van der Waals surface area contributed by atoms with Crippen LogP contribution in [0.1, 0.15) is 12.8 Å². The summed E-state index contributed by atoms with van der Waals surface area (Å²) in [4.78, 5) is 10.6. The monoisotopic (exact) mass is 267 g/mol. The van der Waals surface area contributed by atoms with Crippen LogP contribution in [0, 0.1) is 5.92 Å². The average Bonchev–Trinajstić information content (AvgIpc) is 2.47. The first-order valence-corrected chi connectivity index (χ1v) is 6.24. The minimum absolute atomic E-state index is 0.0801. The molecule has 5 nitrogen and oxygen atoms in total. The largest absolute Gasteiger partial charge is 0.496 e. The SMILES string of the molecule is COc1cc(OC)cc(OCCCC(C=O)CN)c1. The molecule has 0 saturated heterocycles. The number of benzene rings is 1. The van der Waals surface area contributed by atoms with Crippen LogP contribution in [0.5, 0.6) is 17.2 Å². The van der Waals surface area contributed by atoms with Gasteiger partial charge in [0.05, 0.1) is 20.8 Å². The summed E-state index contributed by atoms with van der Waals surface area (Å²) < 4.78 is 15.9. The van der Waals surface area contributed by atoms with E-state index < -0.39 is 0 Å². The Hall–Kier alpha value is -1.75. The van der Waals surface area contributed by atoms with Crippen LogP contribution in [-0.4, -0.2) is 33.7 Å². The van der Waals surface area contributed by atoms with Crippen LogP contribution in [0.25, 0.3) is 0 Å². The molecule has 1 unspecified atom stereocenters. The molecule has 106 valence electrons. The van der Waals surface area contributed by atoms with Crippen LogP contribution in [0.2, 0.25) is 0 Å². The zero-order chi connectivity index (χ0) is 14.1. The van der Waals surface area contributed by atoms with Crippen LogP contribution < -0.4 is 19.9 Å². The number of hydrogen-bond acceptors (Lipinski definition) is 5. The Kier molecular flexibility index (Phi) is 6.74. The number of hydrogen-bond donors (Lipinski definition) is 1. The van der Waals surface area contributed by atoms with Gasteiger partial charge in [0.15, 0.2) is 0 Å². The second-order valence-electron chi connectivity index (χ2n) is 4.17. The summed E-state index contributed by atoms with van der Waals surface area (Å²) in [6.07, 6.45) is 2.41. The molecule has 1 aromatic rings. The van der Waals surface area contributed by atoms with E-state index in [9.17, 15) is 4.79 Å². The van der Waals surface area contributed by atoms with Gasteiger partial charge < -0.3 is 24.7 Å². The van der Waals surface area contributed by atoms with E-state index in [0.717, 1.165) is 19.1 Å². The van der Waals surface area contributed by atoms with Crippen LogP contribution >= 0.6 is 0 Å². The maximum atomic E-state index is 10.6. The maximum Gasteiger partial charge on any atom is 0.126 e. The Bertz CT molecular complexity index is 373. The molecule has 1 aromatic carbocycles. The molecule has 0 aliphatic carbocycles. The van der Waals surface area contributed by atoms with Gasteiger partial charge in [-0.1, -0.05) is 0 Å². The summed E-state index contributed by atoms with van der Waals surface area (Å²) in [5.41, 5.74) is 5.45. The van der Waals surface area contributed by atoms with Gasteiger partial charge in [-0.15, -0.1) is 0 Å². The molecule has 19 heavy (non-hydrogen) atoms. The van der Waals surface area contributed by atoms with Crippen molar-refractivity contribution in [3.8, 4) is 17.2 Å². The van der Waals surface area contributed by atoms with Crippen molar-refractivity contribution in [1.82, 2.24) is 0 Å². The molecule has 5 heteroatoms. The van der Waals surface area contributed by atoms with Gasteiger partial charge >= 0.3 is 0 Å².